The number of hydrogen-bond donors (Lipinski definition) is 3. The first-order valence-corrected chi connectivity index (χ1v) is 8.50. The monoisotopic (exact) mass is 416 g/mol. The van der Waals surface area contributed by atoms with Crippen molar-refractivity contribution >= 4 is 18.0 Å². The van der Waals surface area contributed by atoms with Crippen molar-refractivity contribution < 1.29 is 42.9 Å². The Bertz CT molecular complexity index is 695. The van der Waals surface area contributed by atoms with E-state index in [2.05, 4.69) is 10.1 Å². The van der Waals surface area contributed by atoms with E-state index >= 15 is 0 Å². The minimum Gasteiger partial charge on any atom is -0.478 e. The van der Waals surface area contributed by atoms with E-state index in [9.17, 15) is 23.2 Å². The van der Waals surface area contributed by atoms with Gasteiger partial charge in [-0.15, -0.1) is 0 Å². The summed E-state index contributed by atoms with van der Waals surface area (Å²) in [4.78, 5) is 32.7. The molecule has 1 atom stereocenters. The summed E-state index contributed by atoms with van der Waals surface area (Å²) in [6, 6.07) is 6.11. The fourth-order valence-corrected chi connectivity index (χ4v) is 2.25. The van der Waals surface area contributed by atoms with Crippen LogP contribution < -0.4 is 10.1 Å². The van der Waals surface area contributed by atoms with Crippen LogP contribution in [0.5, 0.6) is 5.75 Å². The van der Waals surface area contributed by atoms with E-state index in [-0.39, 0.29) is 24.5 Å². The molecule has 1 amide bonds. The molecule has 9 nitrogen and oxygen atoms in total. The first kappa shape index (κ1) is 23.8. The maximum atomic E-state index is 12.0. The van der Waals surface area contributed by atoms with Crippen molar-refractivity contribution in [1.29, 1.82) is 0 Å². The van der Waals surface area contributed by atoms with E-state index < -0.39 is 18.6 Å². The Kier molecular flexibility index (Phi) is 10.1. The highest BCUT2D eigenvalue weighted by atomic mass is 19.3. The predicted octanol–water partition coefficient (Wildman–Crippen LogP) is 1.93. The van der Waals surface area contributed by atoms with Crippen molar-refractivity contribution in [3.63, 3.8) is 0 Å². The van der Waals surface area contributed by atoms with Crippen LogP contribution in [0.15, 0.2) is 36.4 Å². The number of amides is 1. The third-order valence-electron chi connectivity index (χ3n) is 3.62. The summed E-state index contributed by atoms with van der Waals surface area (Å²) in [6.45, 7) is 1.31. The third-order valence-corrected chi connectivity index (χ3v) is 3.62. The highest BCUT2D eigenvalue weighted by Gasteiger charge is 2.24. The fourth-order valence-electron chi connectivity index (χ4n) is 2.25. The number of carboxylic acids is 2. The Balaban J connectivity index is 0.000000447. The van der Waals surface area contributed by atoms with Crippen LogP contribution in [-0.2, 0) is 20.9 Å². The number of nitrogens with one attached hydrogen (secondary N) is 1. The van der Waals surface area contributed by atoms with Gasteiger partial charge < -0.3 is 29.9 Å². The molecule has 0 saturated carbocycles. The van der Waals surface area contributed by atoms with Crippen molar-refractivity contribution in [3.05, 3.63) is 42.0 Å². The van der Waals surface area contributed by atoms with Gasteiger partial charge in [-0.3, -0.25) is 0 Å². The van der Waals surface area contributed by atoms with E-state index in [4.69, 9.17) is 14.9 Å². The van der Waals surface area contributed by atoms with Gasteiger partial charge in [0.1, 0.15) is 12.4 Å². The molecule has 11 heteroatoms. The van der Waals surface area contributed by atoms with Crippen LogP contribution in [0.4, 0.5) is 13.6 Å². The van der Waals surface area contributed by atoms with Gasteiger partial charge >= 0.3 is 24.6 Å². The molecule has 3 N–H and O–H groups in total. The van der Waals surface area contributed by atoms with E-state index in [0.29, 0.717) is 24.3 Å². The van der Waals surface area contributed by atoms with Gasteiger partial charge in [0.25, 0.3) is 0 Å². The Morgan fingerprint density at radius 2 is 1.79 bits per heavy atom. The minimum absolute atomic E-state index is 0.0794. The lowest BCUT2D eigenvalue weighted by atomic mass is 10.2. The van der Waals surface area contributed by atoms with Crippen molar-refractivity contribution in [2.45, 2.75) is 26.2 Å². The van der Waals surface area contributed by atoms with Crippen LogP contribution in [0.1, 0.15) is 12.5 Å². The molecule has 1 aliphatic rings. The second kappa shape index (κ2) is 12.3. The number of alkyl halides is 2. The van der Waals surface area contributed by atoms with Gasteiger partial charge in [0.2, 0.25) is 0 Å². The number of carbonyl (C=O) groups is 3. The van der Waals surface area contributed by atoms with E-state index in [1.807, 2.05) is 6.92 Å². The van der Waals surface area contributed by atoms with E-state index in [1.165, 1.54) is 12.1 Å². The van der Waals surface area contributed by atoms with Gasteiger partial charge in [-0.1, -0.05) is 12.1 Å². The van der Waals surface area contributed by atoms with Crippen molar-refractivity contribution in [2.75, 3.05) is 19.6 Å². The number of nitrogens with zero attached hydrogens (tertiary/aromatic N) is 1. The molecule has 1 aromatic rings. The van der Waals surface area contributed by atoms with Crippen molar-refractivity contribution in [3.8, 4) is 5.75 Å². The molecule has 160 valence electrons. The van der Waals surface area contributed by atoms with Crippen LogP contribution >= 0.6 is 0 Å². The second-order valence-corrected chi connectivity index (χ2v) is 5.83. The summed E-state index contributed by atoms with van der Waals surface area (Å²) in [5.74, 6) is -2.43. The van der Waals surface area contributed by atoms with E-state index in [0.717, 1.165) is 13.1 Å². The number of hydrogen-bond acceptors (Lipinski definition) is 6. The Morgan fingerprint density at radius 1 is 1.21 bits per heavy atom. The van der Waals surface area contributed by atoms with Gasteiger partial charge in [0.15, 0.2) is 0 Å². The topological polar surface area (TPSA) is 125 Å². The minimum atomic E-state index is -2.84. The largest absolute Gasteiger partial charge is 0.478 e. The van der Waals surface area contributed by atoms with Crippen LogP contribution in [0, 0.1) is 0 Å². The summed E-state index contributed by atoms with van der Waals surface area (Å²) in [5, 5.41) is 18.8. The summed E-state index contributed by atoms with van der Waals surface area (Å²) in [7, 11) is 0. The van der Waals surface area contributed by atoms with Gasteiger partial charge in [0, 0.05) is 37.8 Å². The average molecular weight is 416 g/mol. The Morgan fingerprint density at radius 3 is 2.28 bits per heavy atom. The second-order valence-electron chi connectivity index (χ2n) is 5.83. The lowest BCUT2D eigenvalue weighted by Gasteiger charge is -2.32. The van der Waals surface area contributed by atoms with Crippen molar-refractivity contribution in [2.24, 2.45) is 0 Å². The number of carbonyl (C=O) groups excluding carboxylic acids is 1. The van der Waals surface area contributed by atoms with Crippen LogP contribution in [-0.4, -0.2) is 65.4 Å². The molecule has 0 spiro atoms. The predicted molar refractivity (Wildman–Crippen MR) is 96.7 cm³/mol. The highest BCUT2D eigenvalue weighted by molar-refractivity contribution is 5.89. The summed E-state index contributed by atoms with van der Waals surface area (Å²) >= 11 is 0. The highest BCUT2D eigenvalue weighted by Crippen LogP contribution is 2.16. The molecule has 0 unspecified atom stereocenters. The van der Waals surface area contributed by atoms with Crippen LogP contribution in [0.2, 0.25) is 0 Å². The van der Waals surface area contributed by atoms with Crippen LogP contribution in [0.25, 0.3) is 0 Å². The number of aliphatic carboxylic acids is 2. The lowest BCUT2D eigenvalue weighted by molar-refractivity contribution is -0.134. The number of carboxylic acid groups (broad SMARTS) is 2. The number of ether oxygens (including phenoxy) is 2. The average Bonchev–Trinajstić information content (AvgIpc) is 2.66. The fraction of sp³-hybridized carbons (Fsp3) is 0.389. The molecule has 1 heterocycles. The summed E-state index contributed by atoms with van der Waals surface area (Å²) < 4.78 is 33.5. The molecule has 2 rings (SSSR count). The molecule has 1 aromatic carbocycles. The van der Waals surface area contributed by atoms with Gasteiger partial charge in [0.05, 0.1) is 0 Å². The smallest absolute Gasteiger partial charge is 0.410 e. The number of halogens is 2. The van der Waals surface area contributed by atoms with Gasteiger partial charge in [-0.2, -0.15) is 8.78 Å². The van der Waals surface area contributed by atoms with Gasteiger partial charge in [-0.25, -0.2) is 14.4 Å². The molecule has 0 radical (unpaired) electrons. The molecular weight excluding hydrogens is 394 g/mol. The standard InChI is InChI=1S/C14H18F2N2O3.C4H4O4/c1-10-8-17-6-7-18(10)14(19)20-9-11-2-4-12(5-3-11)21-13(15)16;5-3(6)1-2-4(7)8/h2-5,10,13,17H,6-9H2,1H3;1-2H,(H,5,6)(H,7,8)/b;2-1+/t10-;/m1./s1. The maximum Gasteiger partial charge on any atom is 0.410 e. The first-order chi connectivity index (χ1) is 13.7. The molecule has 0 aromatic heterocycles. The lowest BCUT2D eigenvalue weighted by Crippen LogP contribution is -2.52. The first-order valence-electron chi connectivity index (χ1n) is 8.50. The number of piperazine rings is 1. The molecule has 1 saturated heterocycles. The van der Waals surface area contributed by atoms with Crippen molar-refractivity contribution in [1.82, 2.24) is 10.2 Å². The molecule has 1 aliphatic heterocycles. The Labute approximate surface area is 165 Å². The van der Waals surface area contributed by atoms with Crippen LogP contribution in [0.3, 0.4) is 0 Å². The number of benzene rings is 1. The molecule has 0 bridgehead atoms. The van der Waals surface area contributed by atoms with Gasteiger partial charge in [-0.05, 0) is 24.6 Å². The maximum absolute atomic E-state index is 12.0. The molecule has 1 fully saturated rings. The zero-order valence-corrected chi connectivity index (χ0v) is 15.6. The molecule has 29 heavy (non-hydrogen) atoms. The normalized spacial score (nSPS) is 16.1. The summed E-state index contributed by atoms with van der Waals surface area (Å²) in [5.41, 5.74) is 0.716. The number of rotatable bonds is 6. The molecule has 0 aliphatic carbocycles. The molecular formula is C18H22F2N2O7. The quantitative estimate of drug-likeness (QED) is 0.601. The SMILES string of the molecule is C[C@@H]1CNCCN1C(=O)OCc1ccc(OC(F)F)cc1.O=C(O)/C=C/C(=O)O. The zero-order valence-electron chi connectivity index (χ0n) is 15.6. The van der Waals surface area contributed by atoms with E-state index in [1.54, 1.807) is 17.0 Å². The Hall–Kier alpha value is -3.21. The summed E-state index contributed by atoms with van der Waals surface area (Å²) in [6.07, 6.45) is 0.752. The third kappa shape index (κ3) is 10.1. The zero-order chi connectivity index (χ0) is 21.8.